The molecule has 0 saturated heterocycles. The maximum atomic E-state index is 5.91. The minimum Gasteiger partial charge on any atom is -0.489 e. The highest BCUT2D eigenvalue weighted by atomic mass is 16.5. The van der Waals surface area contributed by atoms with Gasteiger partial charge in [0.05, 0.1) is 0 Å². The molecule has 0 bridgehead atoms. The number of ether oxygens (including phenoxy) is 1. The van der Waals surface area contributed by atoms with Gasteiger partial charge in [-0.25, -0.2) is 0 Å². The molecule has 2 aromatic rings. The average Bonchev–Trinajstić information content (AvgIpc) is 2.47. The third kappa shape index (κ3) is 3.83. The molecule has 0 saturated carbocycles. The maximum Gasteiger partial charge on any atom is 0.124 e. The van der Waals surface area contributed by atoms with Crippen LogP contribution in [0, 0.1) is 0 Å². The summed E-state index contributed by atoms with van der Waals surface area (Å²) in [6, 6.07) is 16.8. The number of benzene rings is 2. The fourth-order valence-electron chi connectivity index (χ4n) is 2.01. The van der Waals surface area contributed by atoms with Crippen LogP contribution < -0.4 is 10.1 Å². The summed E-state index contributed by atoms with van der Waals surface area (Å²) in [6.45, 7) is 3.61. The highest BCUT2D eigenvalue weighted by Gasteiger charge is 2.02. The lowest BCUT2D eigenvalue weighted by atomic mass is 10.1. The number of nitrogens with one attached hydrogen (secondary N) is 1. The van der Waals surface area contributed by atoms with E-state index in [1.165, 1.54) is 16.7 Å². The van der Waals surface area contributed by atoms with E-state index < -0.39 is 0 Å². The first kappa shape index (κ1) is 13.6. The molecule has 2 heteroatoms. The van der Waals surface area contributed by atoms with Crippen LogP contribution in [0.15, 0.2) is 48.5 Å². The number of rotatable bonds is 6. The van der Waals surface area contributed by atoms with Crippen molar-refractivity contribution in [3.63, 3.8) is 0 Å². The summed E-state index contributed by atoms with van der Waals surface area (Å²) in [5, 5.41) is 3.16. The molecule has 0 radical (unpaired) electrons. The summed E-state index contributed by atoms with van der Waals surface area (Å²) >= 11 is 0. The summed E-state index contributed by atoms with van der Waals surface area (Å²) in [6.07, 6.45) is 1.08. The van der Waals surface area contributed by atoms with Crippen LogP contribution in [0.3, 0.4) is 0 Å². The van der Waals surface area contributed by atoms with Crippen molar-refractivity contribution >= 4 is 0 Å². The number of hydrogen-bond donors (Lipinski definition) is 1. The topological polar surface area (TPSA) is 21.3 Å². The molecule has 0 spiro atoms. The summed E-state index contributed by atoms with van der Waals surface area (Å²) in [5.41, 5.74) is 3.76. The second-order valence-corrected chi connectivity index (χ2v) is 4.60. The first-order valence-electron chi connectivity index (χ1n) is 6.76. The monoisotopic (exact) mass is 255 g/mol. The van der Waals surface area contributed by atoms with Gasteiger partial charge >= 0.3 is 0 Å². The van der Waals surface area contributed by atoms with Gasteiger partial charge in [0.2, 0.25) is 0 Å². The Morgan fingerprint density at radius 2 is 1.63 bits per heavy atom. The summed E-state index contributed by atoms with van der Waals surface area (Å²) in [4.78, 5) is 0. The second kappa shape index (κ2) is 6.95. The Morgan fingerprint density at radius 1 is 0.947 bits per heavy atom. The third-order valence-corrected chi connectivity index (χ3v) is 3.17. The zero-order chi connectivity index (χ0) is 13.5. The van der Waals surface area contributed by atoms with Crippen molar-refractivity contribution in [2.24, 2.45) is 0 Å². The van der Waals surface area contributed by atoms with Gasteiger partial charge < -0.3 is 10.1 Å². The zero-order valence-electron chi connectivity index (χ0n) is 11.6. The Morgan fingerprint density at radius 3 is 2.32 bits per heavy atom. The smallest absolute Gasteiger partial charge is 0.124 e. The zero-order valence-corrected chi connectivity index (χ0v) is 11.6. The minimum absolute atomic E-state index is 0.616. The second-order valence-electron chi connectivity index (χ2n) is 4.60. The molecule has 2 rings (SSSR count). The number of hydrogen-bond acceptors (Lipinski definition) is 2. The van der Waals surface area contributed by atoms with Crippen molar-refractivity contribution in [3.8, 4) is 5.75 Å². The molecule has 0 atom stereocenters. The van der Waals surface area contributed by atoms with Gasteiger partial charge in [0.1, 0.15) is 12.4 Å². The van der Waals surface area contributed by atoms with Crippen LogP contribution in [0.2, 0.25) is 0 Å². The average molecular weight is 255 g/mol. The van der Waals surface area contributed by atoms with Crippen LogP contribution >= 0.6 is 0 Å². The van der Waals surface area contributed by atoms with E-state index in [9.17, 15) is 0 Å². The van der Waals surface area contributed by atoms with Crippen molar-refractivity contribution in [1.29, 1.82) is 0 Å². The van der Waals surface area contributed by atoms with Crippen LogP contribution in [0.4, 0.5) is 0 Å². The molecule has 0 aromatic heterocycles. The Balaban J connectivity index is 2.01. The highest BCUT2D eigenvalue weighted by molar-refractivity contribution is 5.33. The summed E-state index contributed by atoms with van der Waals surface area (Å²) in [7, 11) is 1.94. The van der Waals surface area contributed by atoms with Crippen LogP contribution in [0.25, 0.3) is 0 Å². The number of para-hydroxylation sites is 1. The first-order chi connectivity index (χ1) is 9.33. The molecule has 0 fully saturated rings. The lowest BCUT2D eigenvalue weighted by molar-refractivity contribution is 0.302. The first-order valence-corrected chi connectivity index (χ1v) is 6.76. The summed E-state index contributed by atoms with van der Waals surface area (Å²) < 4.78 is 5.91. The molecule has 2 aromatic carbocycles. The normalized spacial score (nSPS) is 10.4. The van der Waals surface area contributed by atoms with Crippen molar-refractivity contribution in [2.75, 3.05) is 7.05 Å². The van der Waals surface area contributed by atoms with Crippen LogP contribution in [0.5, 0.6) is 5.75 Å². The molecule has 2 nitrogen and oxygen atoms in total. The molecular weight excluding hydrogens is 234 g/mol. The predicted octanol–water partition coefficient (Wildman–Crippen LogP) is 3.55. The molecule has 0 heterocycles. The summed E-state index contributed by atoms with van der Waals surface area (Å²) in [5.74, 6) is 0.955. The fraction of sp³-hybridized carbons (Fsp3) is 0.294. The van der Waals surface area contributed by atoms with E-state index in [-0.39, 0.29) is 0 Å². The molecule has 0 aliphatic carbocycles. The van der Waals surface area contributed by atoms with E-state index in [2.05, 4.69) is 42.6 Å². The minimum atomic E-state index is 0.616. The van der Waals surface area contributed by atoms with Crippen molar-refractivity contribution < 1.29 is 4.74 Å². The molecule has 100 valence electrons. The molecule has 1 N–H and O–H groups in total. The van der Waals surface area contributed by atoms with Gasteiger partial charge in [0.15, 0.2) is 0 Å². The molecule has 19 heavy (non-hydrogen) atoms. The lowest BCUT2D eigenvalue weighted by Crippen LogP contribution is -2.07. The fourth-order valence-corrected chi connectivity index (χ4v) is 2.01. The molecule has 0 amide bonds. The van der Waals surface area contributed by atoms with E-state index in [1.807, 2.05) is 25.2 Å². The standard InChI is InChI=1S/C17H21NO/c1-3-14-8-10-15(11-9-14)13-19-17-7-5-4-6-16(17)12-18-2/h4-11,18H,3,12-13H2,1-2H3. The van der Waals surface area contributed by atoms with Crippen molar-refractivity contribution in [2.45, 2.75) is 26.5 Å². The van der Waals surface area contributed by atoms with Gasteiger partial charge in [-0.3, -0.25) is 0 Å². The van der Waals surface area contributed by atoms with E-state index in [0.717, 1.165) is 18.7 Å². The lowest BCUT2D eigenvalue weighted by Gasteiger charge is -2.11. The van der Waals surface area contributed by atoms with E-state index in [1.54, 1.807) is 0 Å². The molecular formula is C17H21NO. The Hall–Kier alpha value is -1.80. The van der Waals surface area contributed by atoms with Gasteiger partial charge in [-0.1, -0.05) is 49.4 Å². The largest absolute Gasteiger partial charge is 0.489 e. The van der Waals surface area contributed by atoms with E-state index in [4.69, 9.17) is 4.74 Å². The van der Waals surface area contributed by atoms with Gasteiger partial charge in [-0.15, -0.1) is 0 Å². The van der Waals surface area contributed by atoms with Gasteiger partial charge in [-0.05, 0) is 30.7 Å². The van der Waals surface area contributed by atoms with Crippen molar-refractivity contribution in [1.82, 2.24) is 5.32 Å². The Kier molecular flexibility index (Phi) is 4.99. The van der Waals surface area contributed by atoms with E-state index >= 15 is 0 Å². The van der Waals surface area contributed by atoms with Gasteiger partial charge in [0.25, 0.3) is 0 Å². The Labute approximate surface area is 115 Å². The molecule has 0 aliphatic rings. The van der Waals surface area contributed by atoms with Gasteiger partial charge in [0, 0.05) is 12.1 Å². The predicted molar refractivity (Wildman–Crippen MR) is 79.4 cm³/mol. The van der Waals surface area contributed by atoms with Crippen LogP contribution in [-0.4, -0.2) is 7.05 Å². The van der Waals surface area contributed by atoms with Crippen LogP contribution in [0.1, 0.15) is 23.6 Å². The van der Waals surface area contributed by atoms with Crippen molar-refractivity contribution in [3.05, 3.63) is 65.2 Å². The van der Waals surface area contributed by atoms with Gasteiger partial charge in [-0.2, -0.15) is 0 Å². The van der Waals surface area contributed by atoms with E-state index in [0.29, 0.717) is 6.61 Å². The quantitative estimate of drug-likeness (QED) is 0.852. The molecule has 0 unspecified atom stereocenters. The third-order valence-electron chi connectivity index (χ3n) is 3.17. The highest BCUT2D eigenvalue weighted by Crippen LogP contribution is 2.19. The molecule has 0 aliphatic heterocycles. The maximum absolute atomic E-state index is 5.91. The van der Waals surface area contributed by atoms with Crippen LogP contribution in [-0.2, 0) is 19.6 Å². The SMILES string of the molecule is CCc1ccc(COc2ccccc2CNC)cc1. The number of aryl methyl sites for hydroxylation is 1. The Bertz CT molecular complexity index is 505.